The first kappa shape index (κ1) is 21.2. The fourth-order valence-corrected chi connectivity index (χ4v) is 5.10. The number of carbonyl (C=O) groups is 2. The molecule has 33 heavy (non-hydrogen) atoms. The van der Waals surface area contributed by atoms with Crippen LogP contribution in [0.2, 0.25) is 0 Å². The first-order valence-electron chi connectivity index (χ1n) is 11.1. The first-order chi connectivity index (χ1) is 16.1. The van der Waals surface area contributed by atoms with Crippen molar-refractivity contribution in [2.24, 2.45) is 0 Å². The van der Waals surface area contributed by atoms with Crippen LogP contribution in [0.25, 0.3) is 11.1 Å². The Hall–Kier alpha value is -3.64. The SMILES string of the molecule is COc1ccc(-c2ccc([C@@H]3[C@@H](CO)N4C(=O)CN(C(=O)c5ccccc5)C[C@H]34)cc2)cc1. The zero-order valence-corrected chi connectivity index (χ0v) is 18.4. The molecule has 0 bridgehead atoms. The molecule has 2 saturated heterocycles. The van der Waals surface area contributed by atoms with Crippen molar-refractivity contribution in [3.8, 4) is 16.9 Å². The molecule has 0 radical (unpaired) electrons. The topological polar surface area (TPSA) is 70.1 Å². The van der Waals surface area contributed by atoms with E-state index in [4.69, 9.17) is 4.74 Å². The predicted molar refractivity (Wildman–Crippen MR) is 125 cm³/mol. The normalized spacial score (nSPS) is 21.9. The summed E-state index contributed by atoms with van der Waals surface area (Å²) in [5.74, 6) is 0.549. The standard InChI is InChI=1S/C27H26N2O4/c1-33-22-13-11-19(12-14-22)18-7-9-20(10-8-18)26-23-15-28(16-25(31)29(23)24(26)17-30)27(32)21-5-3-2-4-6-21/h2-14,23-24,26,30H,15-17H2,1H3/t23-,24-,26+/m1/s1. The minimum atomic E-state index is -0.261. The van der Waals surface area contributed by atoms with Crippen LogP contribution in [0.4, 0.5) is 0 Å². The van der Waals surface area contributed by atoms with E-state index in [0.29, 0.717) is 12.1 Å². The molecule has 2 heterocycles. The molecule has 2 amide bonds. The summed E-state index contributed by atoms with van der Waals surface area (Å²) in [6.07, 6.45) is 0. The fraction of sp³-hybridized carbons (Fsp3) is 0.259. The summed E-state index contributed by atoms with van der Waals surface area (Å²) < 4.78 is 5.23. The number of methoxy groups -OCH3 is 1. The Morgan fingerprint density at radius 2 is 1.61 bits per heavy atom. The number of fused-ring (bicyclic) bond motifs is 1. The molecule has 0 saturated carbocycles. The number of hydrogen-bond acceptors (Lipinski definition) is 4. The van der Waals surface area contributed by atoms with Crippen LogP contribution in [0, 0.1) is 0 Å². The summed E-state index contributed by atoms with van der Waals surface area (Å²) in [5.41, 5.74) is 3.81. The molecule has 2 aliphatic heterocycles. The second kappa shape index (κ2) is 8.71. The van der Waals surface area contributed by atoms with E-state index in [0.717, 1.165) is 22.4 Å². The van der Waals surface area contributed by atoms with E-state index in [1.54, 1.807) is 29.0 Å². The monoisotopic (exact) mass is 442 g/mol. The third-order valence-corrected chi connectivity index (χ3v) is 6.78. The van der Waals surface area contributed by atoms with Gasteiger partial charge in [0.2, 0.25) is 5.91 Å². The van der Waals surface area contributed by atoms with Crippen molar-refractivity contribution in [2.75, 3.05) is 26.8 Å². The van der Waals surface area contributed by atoms with E-state index in [-0.39, 0.29) is 43.0 Å². The van der Waals surface area contributed by atoms with Gasteiger partial charge in [0.25, 0.3) is 5.91 Å². The van der Waals surface area contributed by atoms with E-state index in [1.807, 2.05) is 42.5 Å². The predicted octanol–water partition coefficient (Wildman–Crippen LogP) is 3.17. The highest BCUT2D eigenvalue weighted by molar-refractivity contribution is 5.97. The first-order valence-corrected chi connectivity index (χ1v) is 11.1. The molecule has 2 aliphatic rings. The molecular formula is C27H26N2O4. The summed E-state index contributed by atoms with van der Waals surface area (Å²) in [6.45, 7) is 0.407. The van der Waals surface area contributed by atoms with Crippen LogP contribution in [0.1, 0.15) is 21.8 Å². The number of aliphatic hydroxyl groups is 1. The van der Waals surface area contributed by atoms with Crippen LogP contribution in [-0.2, 0) is 4.79 Å². The Bertz CT molecular complexity index is 1150. The zero-order chi connectivity index (χ0) is 22.9. The number of nitrogens with zero attached hydrogens (tertiary/aromatic N) is 2. The average Bonchev–Trinajstić information content (AvgIpc) is 2.86. The van der Waals surface area contributed by atoms with Crippen molar-refractivity contribution in [3.63, 3.8) is 0 Å². The Morgan fingerprint density at radius 1 is 0.970 bits per heavy atom. The Balaban J connectivity index is 1.37. The van der Waals surface area contributed by atoms with Gasteiger partial charge in [-0.2, -0.15) is 0 Å². The molecule has 6 nitrogen and oxygen atoms in total. The van der Waals surface area contributed by atoms with Gasteiger partial charge in [0.1, 0.15) is 12.3 Å². The van der Waals surface area contributed by atoms with Crippen LogP contribution >= 0.6 is 0 Å². The molecule has 0 unspecified atom stereocenters. The molecule has 168 valence electrons. The number of piperazine rings is 1. The lowest BCUT2D eigenvalue weighted by atomic mass is 9.73. The number of ether oxygens (including phenoxy) is 1. The Morgan fingerprint density at radius 3 is 2.21 bits per heavy atom. The third-order valence-electron chi connectivity index (χ3n) is 6.78. The maximum absolute atomic E-state index is 13.0. The minimum absolute atomic E-state index is 0.0183. The third kappa shape index (κ3) is 3.76. The number of carbonyl (C=O) groups excluding carboxylic acids is 2. The second-order valence-corrected chi connectivity index (χ2v) is 8.55. The summed E-state index contributed by atoms with van der Waals surface area (Å²) in [6, 6.07) is 24.8. The maximum atomic E-state index is 13.0. The van der Waals surface area contributed by atoms with E-state index in [2.05, 4.69) is 24.3 Å². The lowest BCUT2D eigenvalue weighted by Crippen LogP contribution is -2.73. The zero-order valence-electron chi connectivity index (χ0n) is 18.4. The van der Waals surface area contributed by atoms with Crippen molar-refractivity contribution in [1.29, 1.82) is 0 Å². The van der Waals surface area contributed by atoms with Crippen molar-refractivity contribution >= 4 is 11.8 Å². The van der Waals surface area contributed by atoms with Gasteiger partial charge in [-0.25, -0.2) is 0 Å². The fourth-order valence-electron chi connectivity index (χ4n) is 5.10. The molecule has 0 spiro atoms. The van der Waals surface area contributed by atoms with E-state index in [9.17, 15) is 14.7 Å². The summed E-state index contributed by atoms with van der Waals surface area (Å²) in [5, 5.41) is 10.0. The molecule has 5 rings (SSSR count). The Kier molecular flexibility index (Phi) is 5.60. The number of benzene rings is 3. The van der Waals surface area contributed by atoms with E-state index < -0.39 is 0 Å². The van der Waals surface area contributed by atoms with Crippen molar-refractivity contribution in [1.82, 2.24) is 9.80 Å². The van der Waals surface area contributed by atoms with E-state index >= 15 is 0 Å². The molecule has 6 heteroatoms. The molecule has 1 N–H and O–H groups in total. The van der Waals surface area contributed by atoms with Gasteiger partial charge in [0, 0.05) is 18.0 Å². The molecular weight excluding hydrogens is 416 g/mol. The van der Waals surface area contributed by atoms with Gasteiger partial charge < -0.3 is 19.6 Å². The quantitative estimate of drug-likeness (QED) is 0.659. The van der Waals surface area contributed by atoms with Crippen molar-refractivity contribution < 1.29 is 19.4 Å². The molecule has 3 atom stereocenters. The molecule has 3 aromatic rings. The van der Waals surface area contributed by atoms with Gasteiger partial charge in [-0.15, -0.1) is 0 Å². The van der Waals surface area contributed by atoms with Gasteiger partial charge in [-0.3, -0.25) is 9.59 Å². The van der Waals surface area contributed by atoms with Gasteiger partial charge >= 0.3 is 0 Å². The molecule has 2 fully saturated rings. The van der Waals surface area contributed by atoms with Crippen molar-refractivity contribution in [3.05, 3.63) is 90.0 Å². The van der Waals surface area contributed by atoms with Gasteiger partial charge in [-0.1, -0.05) is 54.6 Å². The largest absolute Gasteiger partial charge is 0.497 e. The number of aliphatic hydroxyl groups excluding tert-OH is 1. The second-order valence-electron chi connectivity index (χ2n) is 8.55. The maximum Gasteiger partial charge on any atom is 0.254 e. The van der Waals surface area contributed by atoms with Crippen LogP contribution in [0.15, 0.2) is 78.9 Å². The number of amides is 2. The molecule has 0 aromatic heterocycles. The van der Waals surface area contributed by atoms with E-state index in [1.165, 1.54) is 0 Å². The summed E-state index contributed by atoms with van der Waals surface area (Å²) >= 11 is 0. The minimum Gasteiger partial charge on any atom is -0.497 e. The Labute approximate surface area is 193 Å². The van der Waals surface area contributed by atoms with Gasteiger partial charge in [0.15, 0.2) is 0 Å². The highest BCUT2D eigenvalue weighted by Crippen LogP contribution is 2.43. The summed E-state index contributed by atoms with van der Waals surface area (Å²) in [4.78, 5) is 29.2. The van der Waals surface area contributed by atoms with Gasteiger partial charge in [0.05, 0.1) is 25.8 Å². The summed E-state index contributed by atoms with van der Waals surface area (Å²) in [7, 11) is 1.65. The lowest BCUT2D eigenvalue weighted by Gasteiger charge is -2.58. The number of hydrogen-bond donors (Lipinski definition) is 1. The average molecular weight is 443 g/mol. The van der Waals surface area contributed by atoms with Crippen LogP contribution < -0.4 is 4.74 Å². The van der Waals surface area contributed by atoms with Crippen LogP contribution in [-0.4, -0.2) is 65.6 Å². The smallest absolute Gasteiger partial charge is 0.254 e. The van der Waals surface area contributed by atoms with Crippen LogP contribution in [0.3, 0.4) is 0 Å². The van der Waals surface area contributed by atoms with Crippen LogP contribution in [0.5, 0.6) is 5.75 Å². The highest BCUT2D eigenvalue weighted by atomic mass is 16.5. The van der Waals surface area contributed by atoms with Gasteiger partial charge in [-0.05, 0) is 41.0 Å². The lowest BCUT2D eigenvalue weighted by molar-refractivity contribution is -0.159. The van der Waals surface area contributed by atoms with Crippen molar-refractivity contribution in [2.45, 2.75) is 18.0 Å². The highest BCUT2D eigenvalue weighted by Gasteiger charge is 2.54. The number of rotatable bonds is 5. The molecule has 3 aromatic carbocycles. The molecule has 0 aliphatic carbocycles.